The monoisotopic (exact) mass is 502 g/mol. The van der Waals surface area contributed by atoms with Crippen LogP contribution in [-0.4, -0.2) is 34.1 Å². The van der Waals surface area contributed by atoms with Gasteiger partial charge in [0.05, 0.1) is 17.6 Å². The molecule has 6 nitrogen and oxygen atoms in total. The molecular weight excluding hydrogens is 475 g/mol. The Bertz CT molecular complexity index is 1080. The number of aromatic nitrogens is 3. The summed E-state index contributed by atoms with van der Waals surface area (Å²) in [5.74, 6) is 1.87. The first-order valence-corrected chi connectivity index (χ1v) is 9.67. The molecule has 0 bridgehead atoms. The second kappa shape index (κ2) is 9.78. The molecule has 0 radical (unpaired) electrons. The number of hydrogen-bond donors (Lipinski definition) is 3. The molecule has 0 aliphatic carbocycles. The summed E-state index contributed by atoms with van der Waals surface area (Å²) in [6.45, 7) is 4.55. The van der Waals surface area contributed by atoms with Crippen molar-refractivity contribution in [3.63, 3.8) is 0 Å². The number of fused-ring (bicyclic) bond motifs is 2. The number of benzene rings is 2. The Morgan fingerprint density at radius 1 is 1.10 bits per heavy atom. The number of nitrogens with zero attached hydrogens (tertiary/aromatic N) is 3. The van der Waals surface area contributed by atoms with E-state index >= 15 is 0 Å². The van der Waals surface area contributed by atoms with Crippen molar-refractivity contribution in [3.05, 3.63) is 66.1 Å². The van der Waals surface area contributed by atoms with Gasteiger partial charge in [0.25, 0.3) is 0 Å². The number of aromatic amines is 1. The third kappa shape index (κ3) is 4.90. The normalized spacial score (nSPS) is 11.6. The van der Waals surface area contributed by atoms with Gasteiger partial charge < -0.3 is 20.2 Å². The van der Waals surface area contributed by atoms with E-state index in [9.17, 15) is 0 Å². The summed E-state index contributed by atoms with van der Waals surface area (Å²) in [5, 5.41) is 7.99. The lowest BCUT2D eigenvalue weighted by molar-refractivity contribution is 0.624. The fraction of sp³-hybridized carbons (Fsp3) is 0.273. The van der Waals surface area contributed by atoms with Crippen LogP contribution in [0, 0.1) is 6.92 Å². The minimum Gasteiger partial charge on any atom is -0.357 e. The smallest absolute Gasteiger partial charge is 0.191 e. The molecule has 0 saturated carbocycles. The predicted octanol–water partition coefficient (Wildman–Crippen LogP) is 4.20. The van der Waals surface area contributed by atoms with E-state index in [0.717, 1.165) is 48.0 Å². The molecule has 29 heavy (non-hydrogen) atoms. The van der Waals surface area contributed by atoms with Crippen molar-refractivity contribution in [2.24, 2.45) is 4.99 Å². The molecule has 3 N–H and O–H groups in total. The third-order valence-electron chi connectivity index (χ3n) is 4.95. The molecule has 0 amide bonds. The van der Waals surface area contributed by atoms with Gasteiger partial charge in [0.2, 0.25) is 0 Å². The van der Waals surface area contributed by atoms with Crippen molar-refractivity contribution in [1.82, 2.24) is 25.2 Å². The fourth-order valence-corrected chi connectivity index (χ4v) is 3.55. The van der Waals surface area contributed by atoms with E-state index < -0.39 is 0 Å². The van der Waals surface area contributed by atoms with Gasteiger partial charge in [-0.2, -0.15) is 0 Å². The molecule has 2 heterocycles. The molecule has 4 aromatic rings. The summed E-state index contributed by atoms with van der Waals surface area (Å²) < 4.78 is 2.28. The van der Waals surface area contributed by atoms with E-state index in [4.69, 9.17) is 0 Å². The first-order chi connectivity index (χ1) is 13.7. The number of guanidine groups is 1. The first-order valence-electron chi connectivity index (χ1n) is 9.67. The quantitative estimate of drug-likeness (QED) is 0.160. The minimum atomic E-state index is 0. The second-order valence-corrected chi connectivity index (χ2v) is 6.89. The van der Waals surface area contributed by atoms with E-state index in [-0.39, 0.29) is 24.0 Å². The Morgan fingerprint density at radius 3 is 2.72 bits per heavy atom. The minimum absolute atomic E-state index is 0. The van der Waals surface area contributed by atoms with Gasteiger partial charge in [0.1, 0.15) is 5.82 Å². The highest BCUT2D eigenvalue weighted by Crippen LogP contribution is 2.16. The van der Waals surface area contributed by atoms with Crippen LogP contribution in [0.15, 0.2) is 59.6 Å². The maximum absolute atomic E-state index is 4.63. The number of H-pyrrole nitrogens is 1. The topological polar surface area (TPSA) is 70.0 Å². The van der Waals surface area contributed by atoms with Gasteiger partial charge in [-0.15, -0.1) is 24.0 Å². The number of rotatable bonds is 6. The van der Waals surface area contributed by atoms with Crippen LogP contribution in [0.1, 0.15) is 17.9 Å². The molecule has 4 rings (SSSR count). The van der Waals surface area contributed by atoms with Crippen LogP contribution in [0.2, 0.25) is 0 Å². The van der Waals surface area contributed by atoms with Crippen molar-refractivity contribution in [1.29, 1.82) is 0 Å². The molecule has 0 fully saturated rings. The number of aliphatic imine (C=N–C) groups is 1. The Labute approximate surface area is 187 Å². The van der Waals surface area contributed by atoms with Crippen molar-refractivity contribution in [3.8, 4) is 0 Å². The van der Waals surface area contributed by atoms with Gasteiger partial charge in [-0.3, -0.25) is 4.99 Å². The maximum atomic E-state index is 4.63. The number of para-hydroxylation sites is 3. The standard InChI is InChI=1S/C22H26N6.HI/c1-16-26-20-10-5-6-11-21(20)28(16)13-7-12-24-22(23-2)25-15-18-14-17-8-3-4-9-19(17)27-18;/h3-6,8-11,14,27H,7,12-13,15H2,1-2H3,(H2,23,24,25);1H. The lowest BCUT2D eigenvalue weighted by Crippen LogP contribution is -2.37. The van der Waals surface area contributed by atoms with Gasteiger partial charge in [-0.1, -0.05) is 30.3 Å². The predicted molar refractivity (Wildman–Crippen MR) is 131 cm³/mol. The maximum Gasteiger partial charge on any atom is 0.191 e. The molecule has 152 valence electrons. The highest BCUT2D eigenvalue weighted by molar-refractivity contribution is 14.0. The van der Waals surface area contributed by atoms with Gasteiger partial charge >= 0.3 is 0 Å². The first kappa shape index (κ1) is 21.2. The largest absolute Gasteiger partial charge is 0.357 e. The molecule has 0 spiro atoms. The summed E-state index contributed by atoms with van der Waals surface area (Å²) in [6.07, 6.45) is 0.994. The van der Waals surface area contributed by atoms with E-state index in [2.05, 4.69) is 79.5 Å². The molecular formula is C22H27IN6. The number of halogens is 1. The van der Waals surface area contributed by atoms with Crippen LogP contribution in [-0.2, 0) is 13.1 Å². The van der Waals surface area contributed by atoms with Crippen LogP contribution >= 0.6 is 24.0 Å². The van der Waals surface area contributed by atoms with E-state index in [1.165, 1.54) is 10.9 Å². The number of hydrogen-bond acceptors (Lipinski definition) is 2. The van der Waals surface area contributed by atoms with Crippen LogP contribution in [0.3, 0.4) is 0 Å². The number of imidazole rings is 1. The zero-order chi connectivity index (χ0) is 19.3. The number of nitrogens with one attached hydrogen (secondary N) is 3. The Kier molecular flexibility index (Phi) is 7.13. The summed E-state index contributed by atoms with van der Waals surface area (Å²) in [5.41, 5.74) is 4.56. The average Bonchev–Trinajstić information content (AvgIpc) is 3.27. The molecule has 0 unspecified atom stereocenters. The summed E-state index contributed by atoms with van der Waals surface area (Å²) in [6, 6.07) is 18.8. The Hall–Kier alpha value is -2.55. The van der Waals surface area contributed by atoms with Crippen LogP contribution in [0.5, 0.6) is 0 Å². The second-order valence-electron chi connectivity index (χ2n) is 6.89. The zero-order valence-corrected chi connectivity index (χ0v) is 19.1. The SMILES string of the molecule is CN=C(NCCCn1c(C)nc2ccccc21)NCc1cc2ccccc2[nH]1.I. The van der Waals surface area contributed by atoms with Gasteiger partial charge in [-0.05, 0) is 43.0 Å². The van der Waals surface area contributed by atoms with Crippen molar-refractivity contribution in [2.75, 3.05) is 13.6 Å². The van der Waals surface area contributed by atoms with E-state index in [0.29, 0.717) is 6.54 Å². The summed E-state index contributed by atoms with van der Waals surface area (Å²) in [7, 11) is 1.80. The summed E-state index contributed by atoms with van der Waals surface area (Å²) >= 11 is 0. The van der Waals surface area contributed by atoms with Crippen molar-refractivity contribution >= 4 is 51.9 Å². The zero-order valence-electron chi connectivity index (χ0n) is 16.8. The molecule has 2 aromatic carbocycles. The van der Waals surface area contributed by atoms with Crippen LogP contribution in [0.4, 0.5) is 0 Å². The van der Waals surface area contributed by atoms with Crippen molar-refractivity contribution in [2.45, 2.75) is 26.4 Å². The lowest BCUT2D eigenvalue weighted by Gasteiger charge is -2.12. The number of aryl methyl sites for hydroxylation is 2. The molecule has 0 atom stereocenters. The van der Waals surface area contributed by atoms with Crippen LogP contribution < -0.4 is 10.6 Å². The van der Waals surface area contributed by atoms with Crippen molar-refractivity contribution < 1.29 is 0 Å². The highest BCUT2D eigenvalue weighted by atomic mass is 127. The average molecular weight is 502 g/mol. The molecule has 0 saturated heterocycles. The van der Waals surface area contributed by atoms with Gasteiger partial charge in [-0.25, -0.2) is 4.98 Å². The highest BCUT2D eigenvalue weighted by Gasteiger charge is 2.06. The van der Waals surface area contributed by atoms with Gasteiger partial charge in [0.15, 0.2) is 5.96 Å². The molecule has 0 aliphatic rings. The Balaban J connectivity index is 0.00000240. The summed E-state index contributed by atoms with van der Waals surface area (Å²) in [4.78, 5) is 12.4. The molecule has 0 aliphatic heterocycles. The lowest BCUT2D eigenvalue weighted by atomic mass is 10.2. The third-order valence-corrected chi connectivity index (χ3v) is 4.95. The fourth-order valence-electron chi connectivity index (χ4n) is 3.55. The van der Waals surface area contributed by atoms with E-state index in [1.54, 1.807) is 7.05 Å². The molecule has 2 aromatic heterocycles. The van der Waals surface area contributed by atoms with Gasteiger partial charge in [0, 0.05) is 31.3 Å². The van der Waals surface area contributed by atoms with E-state index in [1.807, 2.05) is 12.1 Å². The van der Waals surface area contributed by atoms with Crippen LogP contribution in [0.25, 0.3) is 21.9 Å². The molecule has 7 heteroatoms. The Morgan fingerprint density at radius 2 is 1.90 bits per heavy atom.